The second-order valence-corrected chi connectivity index (χ2v) is 6.22. The Morgan fingerprint density at radius 3 is 2.95 bits per heavy atom. The SMILES string of the molecule is Cc1nccc(CN2CC3(CCCC3)NCC2C)n1. The number of nitrogens with zero attached hydrogens (tertiary/aromatic N) is 3. The predicted octanol–water partition coefficient (Wildman–Crippen LogP) is 1.89. The number of piperazine rings is 1. The molecule has 2 heterocycles. The summed E-state index contributed by atoms with van der Waals surface area (Å²) in [5.41, 5.74) is 1.53. The monoisotopic (exact) mass is 260 g/mol. The maximum absolute atomic E-state index is 4.54. The summed E-state index contributed by atoms with van der Waals surface area (Å²) in [5, 5.41) is 3.80. The molecule has 1 aliphatic heterocycles. The highest BCUT2D eigenvalue weighted by Crippen LogP contribution is 2.33. The third kappa shape index (κ3) is 2.79. The first kappa shape index (κ1) is 13.0. The van der Waals surface area contributed by atoms with E-state index in [1.54, 1.807) is 0 Å². The van der Waals surface area contributed by atoms with Crippen LogP contribution in [0.1, 0.15) is 44.1 Å². The maximum Gasteiger partial charge on any atom is 0.125 e. The molecule has 1 N–H and O–H groups in total. The Kier molecular flexibility index (Phi) is 3.54. The fraction of sp³-hybridized carbons (Fsp3) is 0.733. The third-order valence-corrected chi connectivity index (χ3v) is 4.66. The van der Waals surface area contributed by atoms with Gasteiger partial charge in [-0.3, -0.25) is 4.90 Å². The first-order valence-electron chi connectivity index (χ1n) is 7.45. The van der Waals surface area contributed by atoms with E-state index >= 15 is 0 Å². The second-order valence-electron chi connectivity index (χ2n) is 6.22. The third-order valence-electron chi connectivity index (χ3n) is 4.66. The Labute approximate surface area is 115 Å². The van der Waals surface area contributed by atoms with Crippen molar-refractivity contribution in [2.24, 2.45) is 0 Å². The standard InChI is InChI=1S/C15H24N4/c1-12-9-17-15(6-3-4-7-15)11-19(12)10-14-5-8-16-13(2)18-14/h5,8,12,17H,3-4,6-7,9-11H2,1-2H3. The highest BCUT2D eigenvalue weighted by atomic mass is 15.3. The van der Waals surface area contributed by atoms with E-state index in [9.17, 15) is 0 Å². The lowest BCUT2D eigenvalue weighted by Crippen LogP contribution is -2.62. The molecule has 1 aromatic heterocycles. The molecule has 1 aliphatic carbocycles. The van der Waals surface area contributed by atoms with Gasteiger partial charge in [-0.15, -0.1) is 0 Å². The van der Waals surface area contributed by atoms with Crippen LogP contribution in [0.25, 0.3) is 0 Å². The Morgan fingerprint density at radius 1 is 1.42 bits per heavy atom. The van der Waals surface area contributed by atoms with Crippen LogP contribution in [-0.2, 0) is 6.54 Å². The van der Waals surface area contributed by atoms with Gasteiger partial charge in [-0.2, -0.15) is 0 Å². The predicted molar refractivity (Wildman–Crippen MR) is 75.8 cm³/mol. The molecule has 1 spiro atoms. The molecule has 1 saturated heterocycles. The van der Waals surface area contributed by atoms with Crippen molar-refractivity contribution in [2.45, 2.75) is 57.7 Å². The molecule has 4 nitrogen and oxygen atoms in total. The molecule has 4 heteroatoms. The van der Waals surface area contributed by atoms with Crippen molar-refractivity contribution in [3.05, 3.63) is 23.8 Å². The van der Waals surface area contributed by atoms with Gasteiger partial charge in [-0.1, -0.05) is 12.8 Å². The molecule has 1 atom stereocenters. The molecule has 3 rings (SSSR count). The maximum atomic E-state index is 4.54. The normalized spacial score (nSPS) is 26.9. The Bertz CT molecular complexity index is 440. The number of aromatic nitrogens is 2. The van der Waals surface area contributed by atoms with Gasteiger partial charge in [-0.05, 0) is 32.8 Å². The molecule has 19 heavy (non-hydrogen) atoms. The Balaban J connectivity index is 1.71. The van der Waals surface area contributed by atoms with E-state index in [0.29, 0.717) is 11.6 Å². The molecule has 2 fully saturated rings. The zero-order valence-corrected chi connectivity index (χ0v) is 12.0. The molecule has 0 bridgehead atoms. The minimum Gasteiger partial charge on any atom is -0.308 e. The Morgan fingerprint density at radius 2 is 2.21 bits per heavy atom. The van der Waals surface area contributed by atoms with Gasteiger partial charge in [0.25, 0.3) is 0 Å². The van der Waals surface area contributed by atoms with Crippen molar-refractivity contribution >= 4 is 0 Å². The molecule has 1 unspecified atom stereocenters. The smallest absolute Gasteiger partial charge is 0.125 e. The quantitative estimate of drug-likeness (QED) is 0.881. The van der Waals surface area contributed by atoms with E-state index in [1.165, 1.54) is 25.7 Å². The molecule has 2 aliphatic rings. The van der Waals surface area contributed by atoms with Gasteiger partial charge in [0, 0.05) is 37.4 Å². The fourth-order valence-electron chi connectivity index (χ4n) is 3.49. The summed E-state index contributed by atoms with van der Waals surface area (Å²) < 4.78 is 0. The second kappa shape index (κ2) is 5.17. The largest absolute Gasteiger partial charge is 0.308 e. The molecular formula is C15H24N4. The van der Waals surface area contributed by atoms with E-state index in [1.807, 2.05) is 19.2 Å². The van der Waals surface area contributed by atoms with Crippen LogP contribution in [0, 0.1) is 6.92 Å². The van der Waals surface area contributed by atoms with Gasteiger partial charge in [0.1, 0.15) is 5.82 Å². The molecule has 0 radical (unpaired) electrons. The first-order chi connectivity index (χ1) is 9.17. The van der Waals surface area contributed by atoms with Crippen molar-refractivity contribution in [1.82, 2.24) is 20.2 Å². The van der Waals surface area contributed by atoms with Gasteiger partial charge >= 0.3 is 0 Å². The number of hydrogen-bond acceptors (Lipinski definition) is 4. The van der Waals surface area contributed by atoms with Crippen LogP contribution in [0.4, 0.5) is 0 Å². The summed E-state index contributed by atoms with van der Waals surface area (Å²) >= 11 is 0. The van der Waals surface area contributed by atoms with Gasteiger partial charge < -0.3 is 5.32 Å². The average molecular weight is 260 g/mol. The van der Waals surface area contributed by atoms with Gasteiger partial charge in [0.15, 0.2) is 0 Å². The van der Waals surface area contributed by atoms with Crippen molar-refractivity contribution in [3.8, 4) is 0 Å². The lowest BCUT2D eigenvalue weighted by atomic mass is 9.92. The number of rotatable bonds is 2. The molecule has 104 valence electrons. The number of hydrogen-bond donors (Lipinski definition) is 1. The highest BCUT2D eigenvalue weighted by molar-refractivity contribution is 5.05. The van der Waals surface area contributed by atoms with E-state index in [4.69, 9.17) is 0 Å². The first-order valence-corrected chi connectivity index (χ1v) is 7.45. The van der Waals surface area contributed by atoms with Gasteiger partial charge in [0.05, 0.1) is 5.69 Å². The van der Waals surface area contributed by atoms with E-state index in [0.717, 1.165) is 31.2 Å². The zero-order valence-electron chi connectivity index (χ0n) is 12.0. The minimum absolute atomic E-state index is 0.384. The fourth-order valence-corrected chi connectivity index (χ4v) is 3.49. The highest BCUT2D eigenvalue weighted by Gasteiger charge is 2.39. The van der Waals surface area contributed by atoms with E-state index in [-0.39, 0.29) is 0 Å². The molecular weight excluding hydrogens is 236 g/mol. The summed E-state index contributed by atoms with van der Waals surface area (Å²) in [6.07, 6.45) is 7.29. The minimum atomic E-state index is 0.384. The van der Waals surface area contributed by atoms with Crippen LogP contribution in [0.5, 0.6) is 0 Å². The van der Waals surface area contributed by atoms with Crippen molar-refractivity contribution in [2.75, 3.05) is 13.1 Å². The topological polar surface area (TPSA) is 41.1 Å². The summed E-state index contributed by atoms with van der Waals surface area (Å²) in [6, 6.07) is 2.63. The van der Waals surface area contributed by atoms with Crippen molar-refractivity contribution in [3.63, 3.8) is 0 Å². The van der Waals surface area contributed by atoms with Crippen LogP contribution in [-0.4, -0.2) is 39.5 Å². The van der Waals surface area contributed by atoms with Crippen LogP contribution in [0.15, 0.2) is 12.3 Å². The summed E-state index contributed by atoms with van der Waals surface area (Å²) in [5.74, 6) is 0.871. The lowest BCUT2D eigenvalue weighted by molar-refractivity contribution is 0.0815. The molecule has 1 saturated carbocycles. The average Bonchev–Trinajstić information content (AvgIpc) is 2.83. The summed E-state index contributed by atoms with van der Waals surface area (Å²) in [4.78, 5) is 11.3. The molecule has 1 aromatic rings. The van der Waals surface area contributed by atoms with Crippen LogP contribution < -0.4 is 5.32 Å². The summed E-state index contributed by atoms with van der Waals surface area (Å²) in [6.45, 7) is 7.49. The Hall–Kier alpha value is -1.00. The van der Waals surface area contributed by atoms with E-state index < -0.39 is 0 Å². The number of aryl methyl sites for hydroxylation is 1. The van der Waals surface area contributed by atoms with Crippen LogP contribution in [0.3, 0.4) is 0 Å². The zero-order chi connectivity index (χ0) is 13.3. The number of nitrogens with one attached hydrogen (secondary N) is 1. The van der Waals surface area contributed by atoms with Gasteiger partial charge in [0.2, 0.25) is 0 Å². The van der Waals surface area contributed by atoms with Crippen LogP contribution in [0.2, 0.25) is 0 Å². The van der Waals surface area contributed by atoms with Crippen molar-refractivity contribution < 1.29 is 0 Å². The van der Waals surface area contributed by atoms with Crippen molar-refractivity contribution in [1.29, 1.82) is 0 Å². The molecule has 0 amide bonds. The van der Waals surface area contributed by atoms with Crippen LogP contribution >= 0.6 is 0 Å². The summed E-state index contributed by atoms with van der Waals surface area (Å²) in [7, 11) is 0. The van der Waals surface area contributed by atoms with E-state index in [2.05, 4.69) is 27.1 Å². The molecule has 0 aromatic carbocycles. The lowest BCUT2D eigenvalue weighted by Gasteiger charge is -2.45. The van der Waals surface area contributed by atoms with Gasteiger partial charge in [-0.25, -0.2) is 9.97 Å².